The number of amides is 1. The number of carboxylic acids is 1. The number of ether oxygens (including phenoxy) is 1. The molecule has 0 heterocycles. The van der Waals surface area contributed by atoms with Crippen LogP contribution in [0.3, 0.4) is 0 Å². The largest absolute Gasteiger partial charge is 0.497 e. The number of aliphatic carboxylic acids is 1. The van der Waals surface area contributed by atoms with Gasteiger partial charge in [-0.25, -0.2) is 4.79 Å². The van der Waals surface area contributed by atoms with E-state index in [-0.39, 0.29) is 23.5 Å². The van der Waals surface area contributed by atoms with Crippen LogP contribution in [-0.4, -0.2) is 58.5 Å². The van der Waals surface area contributed by atoms with E-state index in [1.807, 2.05) is 6.92 Å². The standard InChI is InChI=1S/C23H27NO7S/c1-11(25)24-15(21(29)30)10-32-17-9-16(26)22(2,3)20-19(28)18(27)13-7-6-12(31-5)8-14(13)23(17,20)4/h6-8,15,17,20H,9-10H2,1-5H3,(H,24,25)(H,29,30). The van der Waals surface area contributed by atoms with Crippen LogP contribution < -0.4 is 10.1 Å². The monoisotopic (exact) mass is 461 g/mol. The molecule has 172 valence electrons. The van der Waals surface area contributed by atoms with Crippen molar-refractivity contribution < 1.29 is 33.8 Å². The summed E-state index contributed by atoms with van der Waals surface area (Å²) in [6.45, 7) is 6.47. The Labute approximate surface area is 190 Å². The maximum atomic E-state index is 13.3. The first kappa shape index (κ1) is 24.0. The number of hydrogen-bond acceptors (Lipinski definition) is 7. The molecular formula is C23H27NO7S. The molecule has 1 aromatic carbocycles. The van der Waals surface area contributed by atoms with Crippen LogP contribution in [0.15, 0.2) is 18.2 Å². The third-order valence-electron chi connectivity index (χ3n) is 6.76. The normalized spacial score (nSPS) is 27.2. The number of carbonyl (C=O) groups excluding carboxylic acids is 4. The van der Waals surface area contributed by atoms with Crippen LogP contribution in [0.2, 0.25) is 0 Å². The number of nitrogens with one attached hydrogen (secondary N) is 1. The zero-order chi connectivity index (χ0) is 24.0. The lowest BCUT2D eigenvalue weighted by Gasteiger charge is -2.55. The summed E-state index contributed by atoms with van der Waals surface area (Å²) in [5, 5.41) is 11.4. The molecule has 0 aromatic heterocycles. The van der Waals surface area contributed by atoms with E-state index in [1.165, 1.54) is 25.8 Å². The predicted octanol–water partition coefficient (Wildman–Crippen LogP) is 2.02. The van der Waals surface area contributed by atoms with Crippen molar-refractivity contribution in [1.29, 1.82) is 0 Å². The quantitative estimate of drug-likeness (QED) is 0.616. The smallest absolute Gasteiger partial charge is 0.327 e. The van der Waals surface area contributed by atoms with E-state index in [0.717, 1.165) is 0 Å². The minimum atomic E-state index is -1.19. The Morgan fingerprint density at radius 3 is 2.47 bits per heavy atom. The fraction of sp³-hybridized carbons (Fsp3) is 0.522. The number of thioether (sulfide) groups is 1. The molecule has 2 aliphatic rings. The van der Waals surface area contributed by atoms with Crippen LogP contribution in [0.4, 0.5) is 0 Å². The first-order chi connectivity index (χ1) is 14.8. The number of rotatable bonds is 6. The summed E-state index contributed by atoms with van der Waals surface area (Å²) in [7, 11) is 1.50. The Morgan fingerprint density at radius 1 is 1.25 bits per heavy atom. The Bertz CT molecular complexity index is 1020. The topological polar surface area (TPSA) is 127 Å². The van der Waals surface area contributed by atoms with Crippen LogP contribution in [0.25, 0.3) is 0 Å². The van der Waals surface area contributed by atoms with Crippen LogP contribution in [0.1, 0.15) is 50.0 Å². The molecule has 1 aromatic rings. The number of hydrogen-bond donors (Lipinski definition) is 2. The molecule has 4 atom stereocenters. The van der Waals surface area contributed by atoms with Crippen molar-refractivity contribution in [2.75, 3.05) is 12.9 Å². The highest BCUT2D eigenvalue weighted by Crippen LogP contribution is 2.57. The lowest BCUT2D eigenvalue weighted by Crippen LogP contribution is -2.63. The number of methoxy groups -OCH3 is 1. The van der Waals surface area contributed by atoms with Crippen LogP contribution in [0.5, 0.6) is 5.75 Å². The lowest BCUT2D eigenvalue weighted by atomic mass is 9.49. The summed E-state index contributed by atoms with van der Waals surface area (Å²) in [5.41, 5.74) is -1.09. The minimum Gasteiger partial charge on any atom is -0.497 e. The number of Topliss-reactive ketones (excluding diaryl/α,β-unsaturated/α-hetero) is 3. The number of fused-ring (bicyclic) bond motifs is 3. The average Bonchev–Trinajstić information content (AvgIpc) is 2.72. The van der Waals surface area contributed by atoms with Crippen molar-refractivity contribution >= 4 is 41.0 Å². The molecule has 2 aliphatic carbocycles. The molecule has 8 nitrogen and oxygen atoms in total. The Balaban J connectivity index is 2.12. The molecular weight excluding hydrogens is 434 g/mol. The van der Waals surface area contributed by atoms with Crippen LogP contribution in [0, 0.1) is 11.3 Å². The molecule has 0 aliphatic heterocycles. The number of carboxylic acid groups (broad SMARTS) is 1. The first-order valence-corrected chi connectivity index (χ1v) is 11.3. The maximum Gasteiger partial charge on any atom is 0.327 e. The molecule has 4 unspecified atom stereocenters. The number of ketones is 3. The molecule has 3 rings (SSSR count). The van der Waals surface area contributed by atoms with E-state index in [1.54, 1.807) is 32.0 Å². The van der Waals surface area contributed by atoms with Crippen LogP contribution in [-0.2, 0) is 24.6 Å². The Hall–Kier alpha value is -2.68. The van der Waals surface area contributed by atoms with Crippen LogP contribution >= 0.6 is 11.8 Å². The molecule has 1 fully saturated rings. The van der Waals surface area contributed by atoms with Gasteiger partial charge in [-0.3, -0.25) is 19.2 Å². The van der Waals surface area contributed by atoms with E-state index >= 15 is 0 Å². The van der Waals surface area contributed by atoms with E-state index in [4.69, 9.17) is 4.74 Å². The molecule has 0 radical (unpaired) electrons. The first-order valence-electron chi connectivity index (χ1n) is 10.3. The number of carbonyl (C=O) groups is 5. The Kier molecular flexibility index (Phi) is 6.25. The zero-order valence-electron chi connectivity index (χ0n) is 18.7. The molecule has 9 heteroatoms. The van der Waals surface area contributed by atoms with E-state index in [0.29, 0.717) is 11.3 Å². The summed E-state index contributed by atoms with van der Waals surface area (Å²) in [5.74, 6) is -3.42. The summed E-state index contributed by atoms with van der Waals surface area (Å²) in [6.07, 6.45) is 0.106. The summed E-state index contributed by atoms with van der Waals surface area (Å²) < 4.78 is 5.35. The van der Waals surface area contributed by atoms with Gasteiger partial charge in [0.25, 0.3) is 0 Å². The van der Waals surface area contributed by atoms with Gasteiger partial charge in [0.05, 0.1) is 7.11 Å². The molecule has 1 saturated carbocycles. The molecule has 0 saturated heterocycles. The van der Waals surface area contributed by atoms with Gasteiger partial charge in [0.1, 0.15) is 17.6 Å². The molecule has 0 bridgehead atoms. The highest BCUT2D eigenvalue weighted by molar-refractivity contribution is 8.00. The summed E-state index contributed by atoms with van der Waals surface area (Å²) in [4.78, 5) is 62.3. The van der Waals surface area contributed by atoms with Crippen molar-refractivity contribution in [3.8, 4) is 5.75 Å². The highest BCUT2D eigenvalue weighted by atomic mass is 32.2. The second-order valence-electron chi connectivity index (χ2n) is 9.08. The van der Waals surface area contributed by atoms with Gasteiger partial charge in [0, 0.05) is 46.7 Å². The predicted molar refractivity (Wildman–Crippen MR) is 118 cm³/mol. The lowest BCUT2D eigenvalue weighted by molar-refractivity contribution is -0.143. The third kappa shape index (κ3) is 3.72. The average molecular weight is 462 g/mol. The van der Waals surface area contributed by atoms with Crippen molar-refractivity contribution in [3.63, 3.8) is 0 Å². The van der Waals surface area contributed by atoms with Gasteiger partial charge in [0.2, 0.25) is 17.5 Å². The SMILES string of the molecule is COc1ccc2c(c1)C1(C)C(SCC(NC(C)=O)C(=O)O)CC(=O)C(C)(C)C1C(=O)C2=O. The van der Waals surface area contributed by atoms with E-state index in [9.17, 15) is 29.1 Å². The second kappa shape index (κ2) is 8.35. The second-order valence-corrected chi connectivity index (χ2v) is 10.3. The minimum absolute atomic E-state index is 0.0109. The van der Waals surface area contributed by atoms with Crippen molar-refractivity contribution in [3.05, 3.63) is 29.3 Å². The van der Waals surface area contributed by atoms with Gasteiger partial charge < -0.3 is 15.2 Å². The summed E-state index contributed by atoms with van der Waals surface area (Å²) in [6, 6.07) is 3.77. The zero-order valence-corrected chi connectivity index (χ0v) is 19.5. The van der Waals surface area contributed by atoms with Crippen molar-refractivity contribution in [1.82, 2.24) is 5.32 Å². The molecule has 2 N–H and O–H groups in total. The van der Waals surface area contributed by atoms with Gasteiger partial charge in [-0.05, 0) is 23.8 Å². The van der Waals surface area contributed by atoms with Gasteiger partial charge in [-0.15, -0.1) is 0 Å². The molecule has 0 spiro atoms. The van der Waals surface area contributed by atoms with E-state index < -0.39 is 51.5 Å². The molecule has 1 amide bonds. The van der Waals surface area contributed by atoms with Crippen molar-refractivity contribution in [2.24, 2.45) is 11.3 Å². The van der Waals surface area contributed by atoms with Gasteiger partial charge >= 0.3 is 5.97 Å². The van der Waals surface area contributed by atoms with Gasteiger partial charge in [-0.1, -0.05) is 20.8 Å². The fourth-order valence-corrected chi connectivity index (χ4v) is 6.62. The summed E-state index contributed by atoms with van der Waals surface area (Å²) >= 11 is 1.22. The fourth-order valence-electron chi connectivity index (χ4n) is 5.09. The number of benzene rings is 1. The van der Waals surface area contributed by atoms with Crippen molar-refractivity contribution in [2.45, 2.75) is 50.8 Å². The maximum absolute atomic E-state index is 13.3. The Morgan fingerprint density at radius 2 is 1.91 bits per heavy atom. The molecule has 32 heavy (non-hydrogen) atoms. The van der Waals surface area contributed by atoms with Gasteiger partial charge in [0.15, 0.2) is 0 Å². The van der Waals surface area contributed by atoms with Gasteiger partial charge in [-0.2, -0.15) is 11.8 Å². The highest BCUT2D eigenvalue weighted by Gasteiger charge is 2.63. The third-order valence-corrected chi connectivity index (χ3v) is 8.34. The van der Waals surface area contributed by atoms with E-state index in [2.05, 4.69) is 5.32 Å².